The van der Waals surface area contributed by atoms with Crippen molar-refractivity contribution < 1.29 is 4.79 Å². The van der Waals surface area contributed by atoms with Gasteiger partial charge in [0.1, 0.15) is 0 Å². The van der Waals surface area contributed by atoms with Gasteiger partial charge in [-0.3, -0.25) is 4.79 Å². The molecule has 0 atom stereocenters. The lowest BCUT2D eigenvalue weighted by Crippen LogP contribution is -2.05. The van der Waals surface area contributed by atoms with Crippen LogP contribution in [0.1, 0.15) is 27.0 Å². The number of nitrogens with two attached hydrogens (primary N) is 1. The number of aryl methyl sites for hydroxylation is 1. The maximum absolute atomic E-state index is 13.4. The molecule has 1 aliphatic carbocycles. The first-order chi connectivity index (χ1) is 14.6. The maximum Gasteiger partial charge on any atom is 0.221 e. The number of nitrogens with zero attached hydrogens (tertiary/aromatic N) is 3. The summed E-state index contributed by atoms with van der Waals surface area (Å²) in [7, 11) is 0. The van der Waals surface area contributed by atoms with Crippen molar-refractivity contribution in [2.75, 3.05) is 5.73 Å². The van der Waals surface area contributed by atoms with E-state index in [0.717, 1.165) is 27.8 Å². The van der Waals surface area contributed by atoms with E-state index >= 15 is 0 Å². The van der Waals surface area contributed by atoms with Crippen LogP contribution >= 0.6 is 0 Å². The Kier molecular flexibility index (Phi) is 3.94. The molecule has 0 spiro atoms. The summed E-state index contributed by atoms with van der Waals surface area (Å²) in [6.07, 6.45) is 0. The molecule has 3 aromatic carbocycles. The molecule has 5 rings (SSSR count). The number of nitriles is 1. The molecule has 0 radical (unpaired) electrons. The van der Waals surface area contributed by atoms with Crippen LogP contribution in [0, 0.1) is 18.3 Å². The molecule has 0 bridgehead atoms. The lowest BCUT2D eigenvalue weighted by atomic mass is 9.95. The second-order valence-electron chi connectivity index (χ2n) is 7.27. The molecular formula is C25H16N4O. The van der Waals surface area contributed by atoms with Gasteiger partial charge in [-0.15, -0.1) is 0 Å². The summed E-state index contributed by atoms with van der Waals surface area (Å²) in [4.78, 5) is 22.3. The van der Waals surface area contributed by atoms with E-state index in [1.54, 1.807) is 12.1 Å². The van der Waals surface area contributed by atoms with Gasteiger partial charge in [-0.25, -0.2) is 9.97 Å². The van der Waals surface area contributed by atoms with Gasteiger partial charge in [0, 0.05) is 16.7 Å². The first kappa shape index (κ1) is 17.8. The van der Waals surface area contributed by atoms with Crippen LogP contribution in [0.3, 0.4) is 0 Å². The molecule has 1 aromatic heterocycles. The molecule has 30 heavy (non-hydrogen) atoms. The molecular weight excluding hydrogens is 372 g/mol. The third-order valence-corrected chi connectivity index (χ3v) is 5.35. The molecule has 0 fully saturated rings. The summed E-state index contributed by atoms with van der Waals surface area (Å²) in [6, 6.07) is 22.9. The first-order valence-electron chi connectivity index (χ1n) is 9.50. The van der Waals surface area contributed by atoms with Gasteiger partial charge in [-0.1, -0.05) is 60.2 Å². The van der Waals surface area contributed by atoms with E-state index in [1.807, 2.05) is 61.5 Å². The fourth-order valence-electron chi connectivity index (χ4n) is 3.89. The standard InChI is InChI=1S/C25H16N4O/c1-14-5-9-17(10-6-14)22-21-23(29-25(27)28-22)20-18(3-2-4-19(20)24(21)30)16-11-7-15(13-26)8-12-16/h2-12H,1H3,(H2,27,28,29). The van der Waals surface area contributed by atoms with Crippen molar-refractivity contribution in [2.45, 2.75) is 6.92 Å². The highest BCUT2D eigenvalue weighted by molar-refractivity contribution is 6.25. The number of benzene rings is 3. The molecule has 4 aromatic rings. The van der Waals surface area contributed by atoms with Gasteiger partial charge in [-0.2, -0.15) is 5.26 Å². The van der Waals surface area contributed by atoms with Crippen LogP contribution in [0.5, 0.6) is 0 Å². The average Bonchev–Trinajstić information content (AvgIpc) is 3.06. The van der Waals surface area contributed by atoms with Gasteiger partial charge < -0.3 is 5.73 Å². The van der Waals surface area contributed by atoms with E-state index < -0.39 is 0 Å². The smallest absolute Gasteiger partial charge is 0.221 e. The predicted octanol–water partition coefficient (Wildman–Crippen LogP) is 4.78. The molecule has 0 aliphatic heterocycles. The number of hydrogen-bond donors (Lipinski definition) is 1. The van der Waals surface area contributed by atoms with Crippen LogP contribution in [0.2, 0.25) is 0 Å². The third kappa shape index (κ3) is 2.66. The van der Waals surface area contributed by atoms with Crippen LogP contribution in [0.15, 0.2) is 66.7 Å². The van der Waals surface area contributed by atoms with Gasteiger partial charge in [0.15, 0.2) is 5.78 Å². The normalized spacial score (nSPS) is 11.7. The molecule has 1 heterocycles. The Morgan fingerprint density at radius 2 is 1.43 bits per heavy atom. The highest BCUT2D eigenvalue weighted by atomic mass is 16.1. The number of ketones is 1. The highest BCUT2D eigenvalue weighted by Gasteiger charge is 2.34. The minimum absolute atomic E-state index is 0.105. The van der Waals surface area contributed by atoms with Gasteiger partial charge in [0.2, 0.25) is 5.95 Å². The van der Waals surface area contributed by atoms with Gasteiger partial charge in [-0.05, 0) is 30.2 Å². The highest BCUT2D eigenvalue weighted by Crippen LogP contribution is 2.44. The first-order valence-corrected chi connectivity index (χ1v) is 9.50. The van der Waals surface area contributed by atoms with Crippen molar-refractivity contribution in [3.05, 3.63) is 89.0 Å². The van der Waals surface area contributed by atoms with Crippen LogP contribution in [-0.4, -0.2) is 15.8 Å². The zero-order chi connectivity index (χ0) is 20.8. The Morgan fingerprint density at radius 3 is 2.13 bits per heavy atom. The summed E-state index contributed by atoms with van der Waals surface area (Å²) in [5.74, 6) is 0.0191. The Bertz CT molecular complexity index is 1360. The molecule has 2 N–H and O–H groups in total. The molecule has 5 heteroatoms. The molecule has 0 amide bonds. The summed E-state index contributed by atoms with van der Waals surface area (Å²) in [6.45, 7) is 2.01. The number of nitrogen functional groups attached to an aromatic ring is 1. The molecule has 0 saturated heterocycles. The van der Waals surface area contributed by atoms with Gasteiger partial charge in [0.25, 0.3) is 0 Å². The van der Waals surface area contributed by atoms with E-state index in [2.05, 4.69) is 16.0 Å². The Balaban J connectivity index is 1.77. The van der Waals surface area contributed by atoms with Gasteiger partial charge in [0.05, 0.1) is 28.6 Å². The third-order valence-electron chi connectivity index (χ3n) is 5.35. The number of fused-ring (bicyclic) bond motifs is 3. The summed E-state index contributed by atoms with van der Waals surface area (Å²) in [5, 5.41) is 9.08. The van der Waals surface area contributed by atoms with E-state index in [1.165, 1.54) is 0 Å². The second-order valence-corrected chi connectivity index (χ2v) is 7.27. The largest absolute Gasteiger partial charge is 0.368 e. The van der Waals surface area contributed by atoms with Crippen molar-refractivity contribution in [1.29, 1.82) is 5.26 Å². The molecule has 1 aliphatic rings. The average molecular weight is 388 g/mol. The number of carbonyl (C=O) groups is 1. The number of rotatable bonds is 2. The lowest BCUT2D eigenvalue weighted by molar-refractivity contribution is 0.104. The summed E-state index contributed by atoms with van der Waals surface area (Å²) >= 11 is 0. The molecule has 142 valence electrons. The van der Waals surface area contributed by atoms with E-state index in [0.29, 0.717) is 28.1 Å². The maximum atomic E-state index is 13.4. The summed E-state index contributed by atoms with van der Waals surface area (Å²) < 4.78 is 0. The fraction of sp³-hybridized carbons (Fsp3) is 0.0400. The SMILES string of the molecule is Cc1ccc(-c2nc(N)nc3c2C(=O)c2cccc(-c4ccc(C#N)cc4)c2-3)cc1. The number of anilines is 1. The van der Waals surface area contributed by atoms with Crippen LogP contribution in [-0.2, 0) is 0 Å². The van der Waals surface area contributed by atoms with E-state index in [4.69, 9.17) is 11.0 Å². The number of carbonyl (C=O) groups excluding carboxylic acids is 1. The van der Waals surface area contributed by atoms with E-state index in [-0.39, 0.29) is 11.7 Å². The minimum atomic E-state index is -0.105. The predicted molar refractivity (Wildman–Crippen MR) is 116 cm³/mol. The minimum Gasteiger partial charge on any atom is -0.368 e. The van der Waals surface area contributed by atoms with Crippen molar-refractivity contribution in [3.8, 4) is 39.7 Å². The van der Waals surface area contributed by atoms with Crippen molar-refractivity contribution in [3.63, 3.8) is 0 Å². The van der Waals surface area contributed by atoms with Crippen molar-refractivity contribution in [2.24, 2.45) is 0 Å². The second kappa shape index (κ2) is 6.64. The molecule has 0 unspecified atom stereocenters. The quantitative estimate of drug-likeness (QED) is 0.470. The molecule has 5 nitrogen and oxygen atoms in total. The number of aromatic nitrogens is 2. The Hall–Kier alpha value is -4.30. The van der Waals surface area contributed by atoms with Crippen LogP contribution in [0.25, 0.3) is 33.6 Å². The zero-order valence-corrected chi connectivity index (χ0v) is 16.2. The van der Waals surface area contributed by atoms with E-state index in [9.17, 15) is 4.79 Å². The summed E-state index contributed by atoms with van der Waals surface area (Å²) in [5.41, 5.74) is 13.3. The monoisotopic (exact) mass is 388 g/mol. The Morgan fingerprint density at radius 1 is 0.800 bits per heavy atom. The molecule has 0 saturated carbocycles. The van der Waals surface area contributed by atoms with Crippen LogP contribution < -0.4 is 5.73 Å². The lowest BCUT2D eigenvalue weighted by Gasteiger charge is -2.10. The van der Waals surface area contributed by atoms with Gasteiger partial charge >= 0.3 is 0 Å². The topological polar surface area (TPSA) is 92.7 Å². The zero-order valence-electron chi connectivity index (χ0n) is 16.2. The Labute approximate surface area is 173 Å². The van der Waals surface area contributed by atoms with Crippen LogP contribution in [0.4, 0.5) is 5.95 Å². The van der Waals surface area contributed by atoms with Crippen molar-refractivity contribution >= 4 is 11.7 Å². The number of hydrogen-bond acceptors (Lipinski definition) is 5. The van der Waals surface area contributed by atoms with Crippen molar-refractivity contribution in [1.82, 2.24) is 9.97 Å². The fourth-order valence-corrected chi connectivity index (χ4v) is 3.89.